The quantitative estimate of drug-likeness (QED) is 0.274. The van der Waals surface area contributed by atoms with Crippen molar-refractivity contribution < 1.29 is 31.2 Å². The molecule has 0 bridgehead atoms. The van der Waals surface area contributed by atoms with Gasteiger partial charge in [-0.25, -0.2) is 8.42 Å². The number of nitrogens with one attached hydrogen (secondary N) is 2. The molecule has 4 rings (SSSR count). The molecule has 0 spiro atoms. The molecular formula is C23H23F3N4O5S2. The van der Waals surface area contributed by atoms with Gasteiger partial charge in [-0.3, -0.25) is 14.8 Å². The van der Waals surface area contributed by atoms with Gasteiger partial charge in [0.15, 0.2) is 5.00 Å². The van der Waals surface area contributed by atoms with Gasteiger partial charge in [-0.2, -0.15) is 13.2 Å². The molecule has 1 aliphatic rings. The number of likely N-dealkylation sites (tertiary alicyclic amines) is 1. The van der Waals surface area contributed by atoms with E-state index >= 15 is 0 Å². The molecule has 1 unspecified atom stereocenters. The van der Waals surface area contributed by atoms with E-state index in [9.17, 15) is 31.7 Å². The van der Waals surface area contributed by atoms with Crippen LogP contribution in [-0.4, -0.2) is 44.5 Å². The Morgan fingerprint density at radius 3 is 2.54 bits per heavy atom. The molecule has 14 heteroatoms. The summed E-state index contributed by atoms with van der Waals surface area (Å²) < 4.78 is 74.2. The third kappa shape index (κ3) is 6.32. The van der Waals surface area contributed by atoms with Crippen LogP contribution in [-0.2, 0) is 16.2 Å². The van der Waals surface area contributed by atoms with Gasteiger partial charge >= 0.3 is 11.9 Å². The summed E-state index contributed by atoms with van der Waals surface area (Å²) in [5, 5.41) is 14.4. The summed E-state index contributed by atoms with van der Waals surface area (Å²) in [4.78, 5) is 12.8. The third-order valence-electron chi connectivity index (χ3n) is 5.61. The summed E-state index contributed by atoms with van der Waals surface area (Å²) >= 11 is 0.633. The number of alkyl halides is 3. The zero-order chi connectivity index (χ0) is 27.0. The van der Waals surface area contributed by atoms with Gasteiger partial charge in [0.2, 0.25) is 0 Å². The lowest BCUT2D eigenvalue weighted by Gasteiger charge is -2.19. The minimum Gasteiger partial charge on any atom is -0.488 e. The number of rotatable bonds is 8. The summed E-state index contributed by atoms with van der Waals surface area (Å²) in [6.45, 7) is 2.93. The molecule has 2 aromatic carbocycles. The molecule has 37 heavy (non-hydrogen) atoms. The number of sulfonamides is 1. The lowest BCUT2D eigenvalue weighted by atomic mass is 10.1. The molecule has 2 heterocycles. The van der Waals surface area contributed by atoms with Gasteiger partial charge in [-0.1, -0.05) is 23.5 Å². The van der Waals surface area contributed by atoms with Crippen molar-refractivity contribution in [2.45, 2.75) is 29.8 Å². The number of likely N-dealkylation sites (N-methyl/N-ethyl adjacent to an activating group) is 1. The monoisotopic (exact) mass is 556 g/mol. The Hall–Kier alpha value is -3.36. The zero-order valence-corrected chi connectivity index (χ0v) is 21.3. The topological polar surface area (TPSA) is 114 Å². The minimum absolute atomic E-state index is 0.00206. The smallest absolute Gasteiger partial charge is 0.419 e. The molecule has 0 amide bonds. The maximum absolute atomic E-state index is 13.6. The molecule has 1 aliphatic heterocycles. The van der Waals surface area contributed by atoms with Gasteiger partial charge in [-0.05, 0) is 50.2 Å². The number of nitro groups is 1. The molecule has 1 fully saturated rings. The van der Waals surface area contributed by atoms with Crippen molar-refractivity contribution in [3.63, 3.8) is 0 Å². The first-order chi connectivity index (χ1) is 17.3. The van der Waals surface area contributed by atoms with Crippen LogP contribution in [0.2, 0.25) is 0 Å². The van der Waals surface area contributed by atoms with E-state index in [1.165, 1.54) is 0 Å². The number of thiophene rings is 1. The average Bonchev–Trinajstić information content (AvgIpc) is 3.39. The van der Waals surface area contributed by atoms with Crippen LogP contribution in [0, 0.1) is 17.0 Å². The number of benzene rings is 2. The molecule has 3 aromatic rings. The highest BCUT2D eigenvalue weighted by Gasteiger charge is 2.36. The number of hydrogen-bond acceptors (Lipinski definition) is 8. The zero-order valence-electron chi connectivity index (χ0n) is 19.7. The third-order valence-corrected chi connectivity index (χ3v) is 8.50. The summed E-state index contributed by atoms with van der Waals surface area (Å²) in [5.74, 6) is -0.494. The maximum atomic E-state index is 13.6. The van der Waals surface area contributed by atoms with Gasteiger partial charge in [0.05, 0.1) is 16.2 Å². The summed E-state index contributed by atoms with van der Waals surface area (Å²) in [5.41, 5.74) is -0.221. The highest BCUT2D eigenvalue weighted by Crippen LogP contribution is 2.41. The standard InChI is InChI=1S/C23H23F3N4O5S2/c1-14-4-3-5-15(10-14)27-22-19(30(31)32)12-21(36-22)37(33,34)28-16-6-7-18(23(24,25)26)20(11-16)35-17-8-9-29(2)13-17/h3-7,10-12,17,27-28H,8-9,13H2,1-2H3. The molecule has 9 nitrogen and oxygen atoms in total. The lowest BCUT2D eigenvalue weighted by Crippen LogP contribution is -2.23. The number of aryl methyl sites for hydroxylation is 1. The molecule has 198 valence electrons. The van der Waals surface area contributed by atoms with Gasteiger partial charge in [0.1, 0.15) is 16.1 Å². The summed E-state index contributed by atoms with van der Waals surface area (Å²) in [7, 11) is -2.55. The lowest BCUT2D eigenvalue weighted by molar-refractivity contribution is -0.383. The summed E-state index contributed by atoms with van der Waals surface area (Å²) in [6, 6.07) is 10.6. The van der Waals surface area contributed by atoms with Crippen LogP contribution < -0.4 is 14.8 Å². The van der Waals surface area contributed by atoms with Crippen molar-refractivity contribution in [3.8, 4) is 5.75 Å². The fourth-order valence-corrected chi connectivity index (χ4v) is 6.26. The first-order valence-corrected chi connectivity index (χ1v) is 13.3. The Morgan fingerprint density at radius 2 is 1.92 bits per heavy atom. The molecule has 1 atom stereocenters. The highest BCUT2D eigenvalue weighted by atomic mass is 32.2. The van der Waals surface area contributed by atoms with Crippen LogP contribution in [0.1, 0.15) is 17.5 Å². The van der Waals surface area contributed by atoms with Crippen LogP contribution in [0.4, 0.5) is 35.2 Å². The summed E-state index contributed by atoms with van der Waals surface area (Å²) in [6.07, 6.45) is -4.66. The highest BCUT2D eigenvalue weighted by molar-refractivity contribution is 7.94. The Bertz CT molecular complexity index is 1430. The fourth-order valence-electron chi connectivity index (χ4n) is 3.86. The number of halogens is 3. The van der Waals surface area contributed by atoms with E-state index in [0.717, 1.165) is 29.8 Å². The average molecular weight is 557 g/mol. The van der Waals surface area contributed by atoms with Crippen LogP contribution in [0.15, 0.2) is 52.7 Å². The molecular weight excluding hydrogens is 533 g/mol. The Kier molecular flexibility index (Phi) is 7.35. The Labute approximate surface area is 215 Å². The number of anilines is 3. The van der Waals surface area contributed by atoms with Gasteiger partial charge < -0.3 is 15.0 Å². The normalized spacial score (nSPS) is 16.5. The van der Waals surface area contributed by atoms with Crippen LogP contribution in [0.5, 0.6) is 5.75 Å². The van der Waals surface area contributed by atoms with Crippen LogP contribution >= 0.6 is 11.3 Å². The molecule has 0 aliphatic carbocycles. The van der Waals surface area contributed by atoms with Crippen molar-refractivity contribution in [1.82, 2.24) is 4.90 Å². The van der Waals surface area contributed by atoms with E-state index in [4.69, 9.17) is 4.74 Å². The SMILES string of the molecule is Cc1cccc(Nc2sc(S(=O)(=O)Nc3ccc(C(F)(F)F)c(OC4CCN(C)C4)c3)cc2[N+](=O)[O-])c1. The first kappa shape index (κ1) is 26.7. The molecule has 1 aromatic heterocycles. The van der Waals surface area contributed by atoms with Crippen molar-refractivity contribution in [3.05, 3.63) is 69.8 Å². The number of hydrogen-bond donors (Lipinski definition) is 2. The molecule has 2 N–H and O–H groups in total. The van der Waals surface area contributed by atoms with Crippen molar-refractivity contribution in [2.24, 2.45) is 0 Å². The van der Waals surface area contributed by atoms with Crippen molar-refractivity contribution >= 4 is 43.4 Å². The van der Waals surface area contributed by atoms with Crippen LogP contribution in [0.25, 0.3) is 0 Å². The number of ether oxygens (including phenoxy) is 1. The Balaban J connectivity index is 1.63. The molecule has 1 saturated heterocycles. The first-order valence-electron chi connectivity index (χ1n) is 11.0. The van der Waals surface area contributed by atoms with E-state index < -0.39 is 44.2 Å². The minimum atomic E-state index is -4.71. The van der Waals surface area contributed by atoms with Gasteiger partial charge in [0, 0.05) is 30.9 Å². The van der Waals surface area contributed by atoms with Gasteiger partial charge in [-0.15, -0.1) is 0 Å². The molecule has 0 radical (unpaired) electrons. The van der Waals surface area contributed by atoms with Crippen LogP contribution in [0.3, 0.4) is 0 Å². The second-order valence-electron chi connectivity index (χ2n) is 8.64. The second-order valence-corrected chi connectivity index (χ2v) is 11.6. The van der Waals surface area contributed by atoms with Gasteiger partial charge in [0.25, 0.3) is 10.0 Å². The number of nitrogens with zero attached hydrogens (tertiary/aromatic N) is 2. The van der Waals surface area contributed by atoms with E-state index in [0.29, 0.717) is 36.5 Å². The predicted octanol–water partition coefficient (Wildman–Crippen LogP) is 5.61. The molecule has 0 saturated carbocycles. The van der Waals surface area contributed by atoms with Crippen molar-refractivity contribution in [1.29, 1.82) is 0 Å². The van der Waals surface area contributed by atoms with E-state index in [1.54, 1.807) is 18.2 Å². The fraction of sp³-hybridized carbons (Fsp3) is 0.304. The van der Waals surface area contributed by atoms with E-state index in [1.807, 2.05) is 24.9 Å². The largest absolute Gasteiger partial charge is 0.488 e. The van der Waals surface area contributed by atoms with E-state index in [-0.39, 0.29) is 14.9 Å². The van der Waals surface area contributed by atoms with Crippen molar-refractivity contribution in [2.75, 3.05) is 30.2 Å². The van der Waals surface area contributed by atoms with E-state index in [2.05, 4.69) is 10.0 Å². The Morgan fingerprint density at radius 1 is 1.16 bits per heavy atom. The predicted molar refractivity (Wildman–Crippen MR) is 134 cm³/mol. The maximum Gasteiger partial charge on any atom is 0.419 e. The second kappa shape index (κ2) is 10.2.